The molecule has 1 aliphatic carbocycles. The molecule has 1 heterocycles. The molecule has 37 heavy (non-hydrogen) atoms. The maximum Gasteiger partial charge on any atom is 0.435 e. The Kier molecular flexibility index (Phi) is 7.36. The molecule has 2 aliphatic rings. The quantitative estimate of drug-likeness (QED) is 0.154. The van der Waals surface area contributed by atoms with E-state index in [4.69, 9.17) is 25.4 Å². The number of alkyl halides is 3. The lowest BCUT2D eigenvalue weighted by atomic mass is 9.93. The highest BCUT2D eigenvalue weighted by Crippen LogP contribution is 2.56. The molecule has 0 spiro atoms. The Labute approximate surface area is 215 Å². The molecule has 3 unspecified atom stereocenters. The van der Waals surface area contributed by atoms with Crippen LogP contribution in [0.2, 0.25) is 0 Å². The Morgan fingerprint density at radius 1 is 1.24 bits per heavy atom. The predicted octanol–water partition coefficient (Wildman–Crippen LogP) is 7.12. The summed E-state index contributed by atoms with van der Waals surface area (Å²) in [5.74, 6) is -0.816. The maximum atomic E-state index is 13.0. The van der Waals surface area contributed by atoms with Crippen molar-refractivity contribution < 1.29 is 36.8 Å². The van der Waals surface area contributed by atoms with Crippen molar-refractivity contribution in [3.8, 4) is 17.2 Å². The maximum absolute atomic E-state index is 13.0. The lowest BCUT2D eigenvalue weighted by molar-refractivity contribution is -0.384. The summed E-state index contributed by atoms with van der Waals surface area (Å²) in [5.41, 5.74) is -0.236. The summed E-state index contributed by atoms with van der Waals surface area (Å²) in [6, 6.07) is 4.44. The van der Waals surface area contributed by atoms with Crippen LogP contribution in [0, 0.1) is 10.1 Å². The number of nitro groups is 1. The van der Waals surface area contributed by atoms with Crippen LogP contribution in [0.5, 0.6) is 17.2 Å². The largest absolute Gasteiger partial charge is 0.504 e. The van der Waals surface area contributed by atoms with E-state index in [1.807, 2.05) is 13.0 Å². The molecule has 0 amide bonds. The molecule has 196 valence electrons. The second-order valence-electron chi connectivity index (χ2n) is 8.28. The van der Waals surface area contributed by atoms with Crippen LogP contribution in [-0.2, 0) is 22.5 Å². The SMILES string of the molecule is CCC(C)OP(=S)(Oc1ccc(C(F)(F)F)cc1)Oc1c(O)cc([N+](=O)[O-])c2c1C=C1C=CC=CC1N2. The van der Waals surface area contributed by atoms with Crippen LogP contribution >= 0.6 is 6.72 Å². The van der Waals surface area contributed by atoms with Crippen molar-refractivity contribution in [2.24, 2.45) is 0 Å². The zero-order valence-electron chi connectivity index (χ0n) is 19.6. The van der Waals surface area contributed by atoms with Gasteiger partial charge in [0.25, 0.3) is 5.69 Å². The number of nitrogens with one attached hydrogen (secondary N) is 1. The second-order valence-corrected chi connectivity index (χ2v) is 11.1. The Morgan fingerprint density at radius 2 is 1.95 bits per heavy atom. The molecule has 2 aromatic rings. The number of halogens is 3. The van der Waals surface area contributed by atoms with Crippen molar-refractivity contribution in [3.63, 3.8) is 0 Å². The Balaban J connectivity index is 1.77. The zero-order chi connectivity index (χ0) is 27.0. The third kappa shape index (κ3) is 5.82. The lowest BCUT2D eigenvalue weighted by Gasteiger charge is -2.30. The summed E-state index contributed by atoms with van der Waals surface area (Å²) in [4.78, 5) is 11.1. The van der Waals surface area contributed by atoms with Gasteiger partial charge >= 0.3 is 12.9 Å². The molecule has 0 saturated carbocycles. The summed E-state index contributed by atoms with van der Waals surface area (Å²) in [5, 5.41) is 25.6. The van der Waals surface area contributed by atoms with E-state index >= 15 is 0 Å². The minimum absolute atomic E-state index is 0.0354. The van der Waals surface area contributed by atoms with Crippen LogP contribution in [0.25, 0.3) is 6.08 Å². The summed E-state index contributed by atoms with van der Waals surface area (Å²) in [7, 11) is 0. The number of aromatic hydroxyl groups is 1. The van der Waals surface area contributed by atoms with Crippen molar-refractivity contribution in [2.45, 2.75) is 38.6 Å². The summed E-state index contributed by atoms with van der Waals surface area (Å²) >= 11 is 5.59. The first-order chi connectivity index (χ1) is 17.4. The molecular formula is C24H22F3N2O6PS. The molecule has 2 aromatic carbocycles. The van der Waals surface area contributed by atoms with E-state index in [-0.39, 0.29) is 34.5 Å². The highest BCUT2D eigenvalue weighted by atomic mass is 32.5. The Bertz CT molecular complexity index is 1360. The average Bonchev–Trinajstić information content (AvgIpc) is 2.84. The van der Waals surface area contributed by atoms with Crippen LogP contribution < -0.4 is 14.4 Å². The molecule has 0 bridgehead atoms. The summed E-state index contributed by atoms with van der Waals surface area (Å²) in [6.07, 6.45) is 4.32. The number of nitro benzene ring substituents is 1. The highest BCUT2D eigenvalue weighted by molar-refractivity contribution is 8.07. The number of phenolic OH excluding ortho intramolecular Hbond substituents is 1. The van der Waals surface area contributed by atoms with Crippen molar-refractivity contribution in [1.29, 1.82) is 0 Å². The molecule has 0 aromatic heterocycles. The molecule has 13 heteroatoms. The fourth-order valence-corrected chi connectivity index (χ4v) is 6.07. The van der Waals surface area contributed by atoms with Gasteiger partial charge in [0.1, 0.15) is 11.4 Å². The summed E-state index contributed by atoms with van der Waals surface area (Å²) < 4.78 is 56.6. The monoisotopic (exact) mass is 554 g/mol. The number of fused-ring (bicyclic) bond motifs is 2. The number of benzene rings is 2. The Hall–Kier alpha value is -3.34. The van der Waals surface area contributed by atoms with Gasteiger partial charge in [0.2, 0.25) is 0 Å². The third-order valence-electron chi connectivity index (χ3n) is 5.63. The first kappa shape index (κ1) is 26.7. The van der Waals surface area contributed by atoms with Crippen LogP contribution in [0.15, 0.2) is 60.2 Å². The number of rotatable bonds is 8. The average molecular weight is 554 g/mol. The van der Waals surface area contributed by atoms with Crippen LogP contribution in [0.4, 0.5) is 24.5 Å². The molecule has 2 N–H and O–H groups in total. The standard InChI is InChI=1S/C24H22F3N2O6PS/c1-3-14(2)33-36(37,34-17-10-8-16(9-11-17)24(25,26)27)35-23-18-12-15-6-4-5-7-19(15)28-22(18)20(29(31)32)13-21(23)30/h4-14,19,28,30H,3H2,1-2H3. The summed E-state index contributed by atoms with van der Waals surface area (Å²) in [6.45, 7) is -0.275. The van der Waals surface area contributed by atoms with E-state index in [0.717, 1.165) is 35.9 Å². The number of hydrogen-bond donors (Lipinski definition) is 2. The smallest absolute Gasteiger partial charge is 0.435 e. The molecule has 3 atom stereocenters. The van der Waals surface area contributed by atoms with Gasteiger partial charge < -0.3 is 19.5 Å². The minimum Gasteiger partial charge on any atom is -0.504 e. The fourth-order valence-electron chi connectivity index (χ4n) is 3.64. The molecule has 0 fully saturated rings. The van der Waals surface area contributed by atoms with E-state index in [1.54, 1.807) is 31.2 Å². The van der Waals surface area contributed by atoms with E-state index in [9.17, 15) is 28.4 Å². The second kappa shape index (κ2) is 10.2. The van der Waals surface area contributed by atoms with Crippen molar-refractivity contribution in [1.82, 2.24) is 0 Å². The van der Waals surface area contributed by atoms with Gasteiger partial charge in [-0.05, 0) is 49.3 Å². The minimum atomic E-state index is -4.53. The Morgan fingerprint density at radius 3 is 2.57 bits per heavy atom. The number of anilines is 1. The van der Waals surface area contributed by atoms with Crippen molar-refractivity contribution >= 4 is 36.0 Å². The first-order valence-corrected chi connectivity index (χ1v) is 13.7. The highest BCUT2D eigenvalue weighted by Gasteiger charge is 2.36. The predicted molar refractivity (Wildman–Crippen MR) is 136 cm³/mol. The van der Waals surface area contributed by atoms with E-state index in [1.165, 1.54) is 0 Å². The number of nitrogens with zero attached hydrogens (tertiary/aromatic N) is 1. The van der Waals surface area contributed by atoms with Crippen molar-refractivity contribution in [2.75, 3.05) is 5.32 Å². The van der Waals surface area contributed by atoms with Crippen LogP contribution in [0.1, 0.15) is 31.4 Å². The molecule has 1 aliphatic heterocycles. The lowest BCUT2D eigenvalue weighted by Crippen LogP contribution is -2.24. The van der Waals surface area contributed by atoms with Crippen LogP contribution in [-0.4, -0.2) is 22.2 Å². The van der Waals surface area contributed by atoms with E-state index in [0.29, 0.717) is 6.42 Å². The van der Waals surface area contributed by atoms with Crippen LogP contribution in [0.3, 0.4) is 0 Å². The van der Waals surface area contributed by atoms with E-state index < -0.39 is 35.2 Å². The third-order valence-corrected chi connectivity index (χ3v) is 7.80. The van der Waals surface area contributed by atoms with Crippen molar-refractivity contribution in [3.05, 3.63) is 81.5 Å². The van der Waals surface area contributed by atoms with Gasteiger partial charge in [0.15, 0.2) is 11.5 Å². The topological polar surface area (TPSA) is 103 Å². The molecule has 0 saturated heterocycles. The zero-order valence-corrected chi connectivity index (χ0v) is 21.3. The number of phenols is 1. The molecule has 8 nitrogen and oxygen atoms in total. The van der Waals surface area contributed by atoms with Gasteiger partial charge in [-0.2, -0.15) is 13.2 Å². The normalized spacial score (nSPS) is 18.5. The van der Waals surface area contributed by atoms with E-state index in [2.05, 4.69) is 5.32 Å². The van der Waals surface area contributed by atoms with Gasteiger partial charge in [0.05, 0.1) is 34.3 Å². The fraction of sp³-hybridized carbons (Fsp3) is 0.250. The van der Waals surface area contributed by atoms with Gasteiger partial charge in [0, 0.05) is 11.8 Å². The van der Waals surface area contributed by atoms with Gasteiger partial charge in [-0.1, -0.05) is 31.2 Å². The molecule has 0 radical (unpaired) electrons. The first-order valence-electron chi connectivity index (χ1n) is 11.1. The number of allylic oxidation sites excluding steroid dienone is 2. The van der Waals surface area contributed by atoms with Gasteiger partial charge in [-0.3, -0.25) is 14.6 Å². The van der Waals surface area contributed by atoms with Gasteiger partial charge in [-0.15, -0.1) is 0 Å². The van der Waals surface area contributed by atoms with Gasteiger partial charge in [-0.25, -0.2) is 0 Å². The number of hydrogen-bond acceptors (Lipinski definition) is 8. The molecular weight excluding hydrogens is 532 g/mol. The molecule has 4 rings (SSSR count).